The van der Waals surface area contributed by atoms with Crippen LogP contribution < -0.4 is 0 Å². The molecule has 0 aromatic heterocycles. The fourth-order valence-electron chi connectivity index (χ4n) is 4.26. The summed E-state index contributed by atoms with van der Waals surface area (Å²) in [5, 5.41) is 0. The molecule has 0 amide bonds. The van der Waals surface area contributed by atoms with E-state index >= 15 is 0 Å². The van der Waals surface area contributed by atoms with Crippen LogP contribution in [0.25, 0.3) is 22.3 Å². The van der Waals surface area contributed by atoms with E-state index in [4.69, 9.17) is 10.7 Å². The van der Waals surface area contributed by atoms with Gasteiger partial charge in [-0.15, -0.1) is 0 Å². The number of rotatable bonds is 13. The lowest BCUT2D eigenvalue weighted by molar-refractivity contribution is -0.343. The number of benzene rings is 3. The molecular formula is C30H15ClF14O6S. The highest BCUT2D eigenvalue weighted by molar-refractivity contribution is 8.13. The second-order valence-corrected chi connectivity index (χ2v) is 13.2. The molecule has 3 aromatic carbocycles. The van der Waals surface area contributed by atoms with Crippen LogP contribution in [-0.4, -0.2) is 67.6 Å². The summed E-state index contributed by atoms with van der Waals surface area (Å²) in [7, 11) is 0.935. The molecule has 3 aromatic rings. The van der Waals surface area contributed by atoms with Crippen molar-refractivity contribution in [3.8, 4) is 22.3 Å². The first-order valence-corrected chi connectivity index (χ1v) is 15.8. The number of hydrogen-bond acceptors (Lipinski definition) is 6. The minimum atomic E-state index is -6.84. The Morgan fingerprint density at radius 1 is 0.500 bits per heavy atom. The molecule has 52 heavy (non-hydrogen) atoms. The van der Waals surface area contributed by atoms with E-state index in [0.717, 1.165) is 66.7 Å². The molecule has 0 aliphatic rings. The van der Waals surface area contributed by atoms with Crippen molar-refractivity contribution in [2.24, 2.45) is 0 Å². The second kappa shape index (κ2) is 13.9. The normalized spacial score (nSPS) is 13.5. The SMILES string of the molecule is O=C(CC(=O)C(F)(F)C(F)(F)C(F)(F)F)c1ccc(-c2ccc(S(=O)(=O)Cl)cc2-c2ccc(C(=O)CC(=O)C(F)(F)C(F)(F)C(F)(F)F)cc2)cc1. The standard InChI is InChI=1S/C30H15ClF14O6S/c31-52(50,51)18-9-10-19(14-1-5-16(6-2-14)21(46)12-23(48)25(32,33)27(36,37)29(40,41)42)20(11-18)15-3-7-17(8-4-15)22(47)13-24(49)26(34,35)28(38,39)30(43,44)45/h1-11H,12-13H2. The van der Waals surface area contributed by atoms with Crippen molar-refractivity contribution in [1.29, 1.82) is 0 Å². The Hall–Kier alpha value is -4.40. The van der Waals surface area contributed by atoms with Crippen LogP contribution in [0.3, 0.4) is 0 Å². The zero-order valence-electron chi connectivity index (χ0n) is 24.8. The lowest BCUT2D eigenvalue weighted by Crippen LogP contribution is -2.56. The van der Waals surface area contributed by atoms with Crippen molar-refractivity contribution in [1.82, 2.24) is 0 Å². The van der Waals surface area contributed by atoms with E-state index in [1.54, 1.807) is 0 Å². The molecular weight excluding hydrogens is 790 g/mol. The molecule has 0 spiro atoms. The van der Waals surface area contributed by atoms with Gasteiger partial charge in [-0.1, -0.05) is 54.6 Å². The molecule has 0 atom stereocenters. The number of alkyl halides is 14. The third-order valence-electron chi connectivity index (χ3n) is 7.15. The molecule has 6 nitrogen and oxygen atoms in total. The van der Waals surface area contributed by atoms with Crippen molar-refractivity contribution in [3.05, 3.63) is 77.9 Å². The molecule has 282 valence electrons. The summed E-state index contributed by atoms with van der Waals surface area (Å²) in [4.78, 5) is 47.4. The number of halogens is 15. The Bertz CT molecular complexity index is 2010. The highest BCUT2D eigenvalue weighted by Crippen LogP contribution is 2.48. The van der Waals surface area contributed by atoms with Gasteiger partial charge in [0.25, 0.3) is 9.05 Å². The summed E-state index contributed by atoms with van der Waals surface area (Å²) in [5.41, 5.74) is -1.31. The molecule has 0 saturated carbocycles. The summed E-state index contributed by atoms with van der Waals surface area (Å²) in [6.07, 6.45) is -17.8. The van der Waals surface area contributed by atoms with Crippen molar-refractivity contribution < 1.29 is 89.1 Å². The first kappa shape index (κ1) is 42.0. The summed E-state index contributed by atoms with van der Waals surface area (Å²) < 4.78 is 206. The van der Waals surface area contributed by atoms with Gasteiger partial charge in [0.2, 0.25) is 11.6 Å². The zero-order valence-corrected chi connectivity index (χ0v) is 26.4. The van der Waals surface area contributed by atoms with Crippen molar-refractivity contribution in [2.45, 2.75) is 53.8 Å². The summed E-state index contributed by atoms with van der Waals surface area (Å²) in [6.45, 7) is 0. The van der Waals surface area contributed by atoms with Crippen LogP contribution in [0.15, 0.2) is 71.6 Å². The minimum absolute atomic E-state index is 0.0347. The van der Waals surface area contributed by atoms with E-state index in [1.807, 2.05) is 0 Å². The van der Waals surface area contributed by atoms with Gasteiger partial charge in [0.1, 0.15) is 0 Å². The maximum atomic E-state index is 13.7. The summed E-state index contributed by atoms with van der Waals surface area (Å²) in [5.74, 6) is -35.5. The Morgan fingerprint density at radius 3 is 1.13 bits per heavy atom. The zero-order chi connectivity index (χ0) is 40.0. The third-order valence-corrected chi connectivity index (χ3v) is 8.50. The van der Waals surface area contributed by atoms with E-state index in [-0.39, 0.29) is 22.3 Å². The van der Waals surface area contributed by atoms with Gasteiger partial charge in [0.05, 0.1) is 17.7 Å². The Labute approximate surface area is 285 Å². The predicted molar refractivity (Wildman–Crippen MR) is 150 cm³/mol. The van der Waals surface area contributed by atoms with Crippen LogP contribution in [0.2, 0.25) is 0 Å². The van der Waals surface area contributed by atoms with Crippen molar-refractivity contribution in [3.63, 3.8) is 0 Å². The highest BCUT2D eigenvalue weighted by Gasteiger charge is 2.76. The van der Waals surface area contributed by atoms with Crippen LogP contribution in [0.4, 0.5) is 61.5 Å². The van der Waals surface area contributed by atoms with Crippen LogP contribution in [0, 0.1) is 0 Å². The van der Waals surface area contributed by atoms with E-state index in [9.17, 15) is 89.1 Å². The molecule has 0 saturated heterocycles. The fraction of sp³-hybridized carbons (Fsp3) is 0.267. The summed E-state index contributed by atoms with van der Waals surface area (Å²) >= 11 is 0. The minimum Gasteiger partial charge on any atom is -0.294 e. The maximum absolute atomic E-state index is 13.7. The molecule has 0 aliphatic heterocycles. The first-order chi connectivity index (χ1) is 23.4. The largest absolute Gasteiger partial charge is 0.460 e. The number of carbonyl (C=O) groups is 4. The molecule has 0 radical (unpaired) electrons. The van der Waals surface area contributed by atoms with Gasteiger partial charge in [-0.05, 0) is 34.4 Å². The average molecular weight is 805 g/mol. The Kier molecular flexibility index (Phi) is 11.2. The van der Waals surface area contributed by atoms with E-state index in [0.29, 0.717) is 0 Å². The Morgan fingerprint density at radius 2 is 0.827 bits per heavy atom. The fourth-order valence-corrected chi connectivity index (χ4v) is 5.04. The lowest BCUT2D eigenvalue weighted by atomic mass is 9.92. The van der Waals surface area contributed by atoms with Gasteiger partial charge < -0.3 is 0 Å². The summed E-state index contributed by atoms with van der Waals surface area (Å²) in [6, 6.07) is 10.3. The average Bonchev–Trinajstić information content (AvgIpc) is 3.02. The maximum Gasteiger partial charge on any atom is 0.460 e. The van der Waals surface area contributed by atoms with Gasteiger partial charge >= 0.3 is 36.0 Å². The van der Waals surface area contributed by atoms with Crippen LogP contribution in [0.5, 0.6) is 0 Å². The Balaban J connectivity index is 1.94. The second-order valence-electron chi connectivity index (χ2n) is 10.6. The smallest absolute Gasteiger partial charge is 0.294 e. The molecule has 0 heterocycles. The number of ketones is 4. The quantitative estimate of drug-likeness (QED) is 0.0741. The molecule has 22 heteroatoms. The van der Waals surface area contributed by atoms with Gasteiger partial charge in [0, 0.05) is 21.8 Å². The monoisotopic (exact) mass is 804 g/mol. The van der Waals surface area contributed by atoms with Gasteiger partial charge in [0.15, 0.2) is 11.6 Å². The number of Topliss-reactive ketones (excluding diaryl/α,β-unsaturated/α-hetero) is 4. The molecule has 0 fully saturated rings. The van der Waals surface area contributed by atoms with E-state index in [1.165, 1.54) is 0 Å². The number of hydrogen-bond donors (Lipinski definition) is 0. The predicted octanol–water partition coefficient (Wildman–Crippen LogP) is 8.90. The third kappa shape index (κ3) is 7.98. The van der Waals surface area contributed by atoms with Crippen molar-refractivity contribution >= 4 is 42.9 Å². The number of carbonyl (C=O) groups excluding carboxylic acids is 4. The van der Waals surface area contributed by atoms with Gasteiger partial charge in [-0.2, -0.15) is 61.5 Å². The lowest BCUT2D eigenvalue weighted by Gasteiger charge is -2.26. The molecule has 0 aliphatic carbocycles. The molecule has 0 bridgehead atoms. The van der Waals surface area contributed by atoms with E-state index in [2.05, 4.69) is 0 Å². The topological polar surface area (TPSA) is 102 Å². The van der Waals surface area contributed by atoms with Crippen LogP contribution in [0.1, 0.15) is 33.6 Å². The van der Waals surface area contributed by atoms with Crippen LogP contribution in [-0.2, 0) is 18.6 Å². The van der Waals surface area contributed by atoms with E-state index < -0.39 is 97.1 Å². The highest BCUT2D eigenvalue weighted by atomic mass is 35.7. The van der Waals surface area contributed by atoms with Gasteiger partial charge in [-0.25, -0.2) is 8.42 Å². The van der Waals surface area contributed by atoms with Crippen molar-refractivity contribution in [2.75, 3.05) is 0 Å². The molecule has 0 unspecified atom stereocenters. The molecule has 0 N–H and O–H groups in total. The molecule has 3 rings (SSSR count). The van der Waals surface area contributed by atoms with Gasteiger partial charge in [-0.3, -0.25) is 19.2 Å². The van der Waals surface area contributed by atoms with Crippen LogP contribution >= 0.6 is 10.7 Å². The first-order valence-electron chi connectivity index (χ1n) is 13.4.